The molecule has 102 valence electrons. The van der Waals surface area contributed by atoms with Crippen molar-refractivity contribution in [1.82, 2.24) is 9.80 Å². The van der Waals surface area contributed by atoms with Crippen molar-refractivity contribution in [3.8, 4) is 0 Å². The van der Waals surface area contributed by atoms with E-state index in [1.54, 1.807) is 6.08 Å². The molecule has 0 saturated carbocycles. The number of hydrogen-bond acceptors (Lipinski definition) is 3. The maximum Gasteiger partial charge on any atom is 0.246 e. The first kappa shape index (κ1) is 13.6. The lowest BCUT2D eigenvalue weighted by Crippen LogP contribution is -2.36. The third-order valence-corrected chi connectivity index (χ3v) is 3.86. The fourth-order valence-corrected chi connectivity index (χ4v) is 2.73. The minimum atomic E-state index is 0.188. The van der Waals surface area contributed by atoms with Gasteiger partial charge in [0.05, 0.1) is 13.2 Å². The van der Waals surface area contributed by atoms with E-state index in [-0.39, 0.29) is 5.91 Å². The van der Waals surface area contributed by atoms with Gasteiger partial charge in [0.2, 0.25) is 5.91 Å². The van der Waals surface area contributed by atoms with Crippen LogP contribution in [0.5, 0.6) is 0 Å². The molecule has 1 amide bonds. The summed E-state index contributed by atoms with van der Waals surface area (Å²) in [5, 5.41) is 0. The molecule has 4 heteroatoms. The lowest BCUT2D eigenvalue weighted by Gasteiger charge is -2.25. The smallest absolute Gasteiger partial charge is 0.246 e. The molecule has 2 heterocycles. The number of morpholine rings is 1. The summed E-state index contributed by atoms with van der Waals surface area (Å²) in [5.74, 6) is 0.188. The number of hydrogen-bond donors (Lipinski definition) is 0. The molecule has 0 radical (unpaired) electrons. The Bertz CT molecular complexity index is 298. The SMILES string of the molecule is CCC1CCCN1C(=O)/C=C/CN1CCOCC1. The van der Waals surface area contributed by atoms with E-state index in [1.165, 1.54) is 6.42 Å². The van der Waals surface area contributed by atoms with Crippen LogP contribution in [0.25, 0.3) is 0 Å². The van der Waals surface area contributed by atoms with Crippen molar-refractivity contribution in [1.29, 1.82) is 0 Å². The average molecular weight is 252 g/mol. The molecule has 1 atom stereocenters. The van der Waals surface area contributed by atoms with Gasteiger partial charge in [-0.25, -0.2) is 0 Å². The molecule has 4 nitrogen and oxygen atoms in total. The number of amides is 1. The quantitative estimate of drug-likeness (QED) is 0.707. The first-order chi connectivity index (χ1) is 8.81. The van der Waals surface area contributed by atoms with E-state index in [2.05, 4.69) is 11.8 Å². The highest BCUT2D eigenvalue weighted by atomic mass is 16.5. The Balaban J connectivity index is 1.75. The molecule has 18 heavy (non-hydrogen) atoms. The van der Waals surface area contributed by atoms with E-state index in [1.807, 2.05) is 11.0 Å². The lowest BCUT2D eigenvalue weighted by atomic mass is 10.2. The van der Waals surface area contributed by atoms with Crippen LogP contribution in [-0.2, 0) is 9.53 Å². The molecule has 0 bridgehead atoms. The van der Waals surface area contributed by atoms with Crippen LogP contribution >= 0.6 is 0 Å². The van der Waals surface area contributed by atoms with Gasteiger partial charge in [-0.2, -0.15) is 0 Å². The largest absolute Gasteiger partial charge is 0.379 e. The zero-order chi connectivity index (χ0) is 12.8. The van der Waals surface area contributed by atoms with E-state index < -0.39 is 0 Å². The molecular weight excluding hydrogens is 228 g/mol. The molecular formula is C14H24N2O2. The van der Waals surface area contributed by atoms with Crippen molar-refractivity contribution in [2.45, 2.75) is 32.2 Å². The van der Waals surface area contributed by atoms with E-state index >= 15 is 0 Å². The van der Waals surface area contributed by atoms with Crippen molar-refractivity contribution >= 4 is 5.91 Å². The van der Waals surface area contributed by atoms with Gasteiger partial charge in [0, 0.05) is 38.3 Å². The highest BCUT2D eigenvalue weighted by Gasteiger charge is 2.25. The molecule has 0 spiro atoms. The van der Waals surface area contributed by atoms with Crippen LogP contribution in [-0.4, -0.2) is 61.1 Å². The number of likely N-dealkylation sites (tertiary alicyclic amines) is 1. The monoisotopic (exact) mass is 252 g/mol. The molecule has 2 saturated heterocycles. The van der Waals surface area contributed by atoms with Gasteiger partial charge in [-0.15, -0.1) is 0 Å². The molecule has 0 aromatic carbocycles. The summed E-state index contributed by atoms with van der Waals surface area (Å²) < 4.78 is 5.30. The molecule has 1 unspecified atom stereocenters. The van der Waals surface area contributed by atoms with Gasteiger partial charge in [0.25, 0.3) is 0 Å². The van der Waals surface area contributed by atoms with Crippen molar-refractivity contribution in [2.24, 2.45) is 0 Å². The Labute approximate surface area is 110 Å². The minimum Gasteiger partial charge on any atom is -0.379 e. The number of nitrogens with zero attached hydrogens (tertiary/aromatic N) is 2. The topological polar surface area (TPSA) is 32.8 Å². The normalized spacial score (nSPS) is 26.1. The Morgan fingerprint density at radius 3 is 2.83 bits per heavy atom. The molecule has 2 aliphatic rings. The van der Waals surface area contributed by atoms with E-state index in [4.69, 9.17) is 4.74 Å². The molecule has 2 aliphatic heterocycles. The Morgan fingerprint density at radius 1 is 1.33 bits per heavy atom. The Kier molecular flexibility index (Phi) is 5.20. The number of carbonyl (C=O) groups is 1. The van der Waals surface area contributed by atoms with Crippen molar-refractivity contribution in [3.05, 3.63) is 12.2 Å². The highest BCUT2D eigenvalue weighted by molar-refractivity contribution is 5.88. The van der Waals surface area contributed by atoms with Crippen LogP contribution in [0.1, 0.15) is 26.2 Å². The highest BCUT2D eigenvalue weighted by Crippen LogP contribution is 2.19. The maximum absolute atomic E-state index is 12.1. The molecule has 0 N–H and O–H groups in total. The van der Waals surface area contributed by atoms with E-state index in [0.717, 1.165) is 52.2 Å². The van der Waals surface area contributed by atoms with Crippen LogP contribution in [0, 0.1) is 0 Å². The fourth-order valence-electron chi connectivity index (χ4n) is 2.73. The maximum atomic E-state index is 12.1. The van der Waals surface area contributed by atoms with Gasteiger partial charge < -0.3 is 9.64 Å². The zero-order valence-electron chi connectivity index (χ0n) is 11.3. The van der Waals surface area contributed by atoms with Crippen molar-refractivity contribution in [3.63, 3.8) is 0 Å². The van der Waals surface area contributed by atoms with Crippen molar-refractivity contribution in [2.75, 3.05) is 39.4 Å². The second-order valence-corrected chi connectivity index (χ2v) is 5.05. The summed E-state index contributed by atoms with van der Waals surface area (Å²) in [6, 6.07) is 0.463. The first-order valence-electron chi connectivity index (χ1n) is 7.08. The molecule has 0 aromatic rings. The minimum absolute atomic E-state index is 0.188. The third-order valence-electron chi connectivity index (χ3n) is 3.86. The van der Waals surface area contributed by atoms with E-state index in [9.17, 15) is 4.79 Å². The predicted octanol–water partition coefficient (Wildman–Crippen LogP) is 1.28. The van der Waals surface area contributed by atoms with Gasteiger partial charge in [-0.05, 0) is 19.3 Å². The van der Waals surface area contributed by atoms with Crippen LogP contribution in [0.2, 0.25) is 0 Å². The van der Waals surface area contributed by atoms with Gasteiger partial charge in [-0.1, -0.05) is 13.0 Å². The summed E-state index contributed by atoms with van der Waals surface area (Å²) in [4.78, 5) is 16.4. The van der Waals surface area contributed by atoms with Crippen LogP contribution in [0.15, 0.2) is 12.2 Å². The first-order valence-corrected chi connectivity index (χ1v) is 7.08. The summed E-state index contributed by atoms with van der Waals surface area (Å²) in [6.45, 7) is 7.52. The number of carbonyl (C=O) groups excluding carboxylic acids is 1. The summed E-state index contributed by atoms with van der Waals surface area (Å²) in [6.07, 6.45) is 7.15. The molecule has 2 fully saturated rings. The van der Waals surface area contributed by atoms with E-state index in [0.29, 0.717) is 6.04 Å². The summed E-state index contributed by atoms with van der Waals surface area (Å²) in [5.41, 5.74) is 0. The number of rotatable bonds is 4. The average Bonchev–Trinajstić information content (AvgIpc) is 2.88. The second-order valence-electron chi connectivity index (χ2n) is 5.05. The summed E-state index contributed by atoms with van der Waals surface area (Å²) in [7, 11) is 0. The molecule has 2 rings (SSSR count). The zero-order valence-corrected chi connectivity index (χ0v) is 11.3. The van der Waals surface area contributed by atoms with Crippen LogP contribution in [0.4, 0.5) is 0 Å². The van der Waals surface area contributed by atoms with Crippen LogP contribution < -0.4 is 0 Å². The number of ether oxygens (including phenoxy) is 1. The third kappa shape index (κ3) is 3.56. The standard InChI is InChI=1S/C14H24N2O2/c1-2-13-5-3-8-16(13)14(17)6-4-7-15-9-11-18-12-10-15/h4,6,13H,2-3,5,7-12H2,1H3/b6-4+. The lowest BCUT2D eigenvalue weighted by molar-refractivity contribution is -0.126. The Morgan fingerprint density at radius 2 is 2.11 bits per heavy atom. The van der Waals surface area contributed by atoms with Crippen molar-refractivity contribution < 1.29 is 9.53 Å². The van der Waals surface area contributed by atoms with Gasteiger partial charge in [0.15, 0.2) is 0 Å². The molecule has 0 aromatic heterocycles. The predicted molar refractivity (Wildman–Crippen MR) is 71.4 cm³/mol. The van der Waals surface area contributed by atoms with Gasteiger partial charge in [-0.3, -0.25) is 9.69 Å². The summed E-state index contributed by atoms with van der Waals surface area (Å²) >= 11 is 0. The Hall–Kier alpha value is -0.870. The fraction of sp³-hybridized carbons (Fsp3) is 0.786. The second kappa shape index (κ2) is 6.90. The van der Waals surface area contributed by atoms with Gasteiger partial charge >= 0.3 is 0 Å². The van der Waals surface area contributed by atoms with Gasteiger partial charge in [0.1, 0.15) is 0 Å². The van der Waals surface area contributed by atoms with Crippen LogP contribution in [0.3, 0.4) is 0 Å². The molecule has 0 aliphatic carbocycles.